The smallest absolute Gasteiger partial charge is 0.270 e. The van der Waals surface area contributed by atoms with Gasteiger partial charge < -0.3 is 10.6 Å². The van der Waals surface area contributed by atoms with E-state index in [4.69, 9.17) is 4.98 Å². The molecule has 2 fully saturated rings. The van der Waals surface area contributed by atoms with E-state index in [0.717, 1.165) is 43.4 Å². The van der Waals surface area contributed by atoms with Gasteiger partial charge in [0.15, 0.2) is 0 Å². The van der Waals surface area contributed by atoms with E-state index >= 15 is 0 Å². The van der Waals surface area contributed by atoms with E-state index < -0.39 is 0 Å². The van der Waals surface area contributed by atoms with Gasteiger partial charge in [0.2, 0.25) is 5.95 Å². The Bertz CT molecular complexity index is 1290. The van der Waals surface area contributed by atoms with Crippen molar-refractivity contribution in [3.63, 3.8) is 0 Å². The lowest BCUT2D eigenvalue weighted by atomic mass is 9.94. The van der Waals surface area contributed by atoms with Gasteiger partial charge in [0.05, 0.1) is 0 Å². The van der Waals surface area contributed by atoms with Crippen molar-refractivity contribution in [3.05, 3.63) is 57.5 Å². The molecule has 0 spiro atoms. The third kappa shape index (κ3) is 3.10. The van der Waals surface area contributed by atoms with Crippen LogP contribution in [0.3, 0.4) is 0 Å². The molecule has 0 saturated heterocycles. The van der Waals surface area contributed by atoms with Gasteiger partial charge in [0, 0.05) is 29.9 Å². The maximum Gasteiger partial charge on any atom is 0.270 e. The van der Waals surface area contributed by atoms with Crippen LogP contribution in [0, 0.1) is 23.2 Å². The number of hydrogen-bond donors (Lipinski definition) is 2. The molecule has 2 bridgehead atoms. The Morgan fingerprint density at radius 1 is 1.19 bits per heavy atom. The van der Waals surface area contributed by atoms with Crippen molar-refractivity contribution in [2.24, 2.45) is 11.8 Å². The summed E-state index contributed by atoms with van der Waals surface area (Å²) in [6, 6.07) is 10.2. The second-order valence-electron chi connectivity index (χ2n) is 9.10. The van der Waals surface area contributed by atoms with Crippen molar-refractivity contribution in [2.45, 2.75) is 44.7 Å². The van der Waals surface area contributed by atoms with Crippen molar-refractivity contribution in [1.82, 2.24) is 19.9 Å². The van der Waals surface area contributed by atoms with Gasteiger partial charge in [-0.05, 0) is 73.4 Å². The van der Waals surface area contributed by atoms with Crippen molar-refractivity contribution in [1.29, 1.82) is 5.26 Å². The first-order chi connectivity index (χ1) is 15.2. The molecule has 3 aromatic rings. The highest BCUT2D eigenvalue weighted by Gasteiger charge is 2.41. The number of benzene rings is 1. The molecule has 7 heteroatoms. The van der Waals surface area contributed by atoms with Crippen LogP contribution in [0.25, 0.3) is 11.0 Å². The van der Waals surface area contributed by atoms with Crippen molar-refractivity contribution in [3.8, 4) is 6.07 Å². The van der Waals surface area contributed by atoms with Crippen LogP contribution < -0.4 is 16.2 Å². The summed E-state index contributed by atoms with van der Waals surface area (Å²) in [4.78, 5) is 22.4. The Balaban J connectivity index is 1.42. The zero-order valence-corrected chi connectivity index (χ0v) is 17.3. The van der Waals surface area contributed by atoms with Crippen LogP contribution in [-0.4, -0.2) is 21.1 Å². The molecule has 2 saturated carbocycles. The van der Waals surface area contributed by atoms with E-state index in [9.17, 15) is 10.1 Å². The van der Waals surface area contributed by atoms with Gasteiger partial charge in [0.1, 0.15) is 17.3 Å². The Morgan fingerprint density at radius 2 is 2.13 bits per heavy atom. The lowest BCUT2D eigenvalue weighted by molar-refractivity contribution is 0.329. The molecule has 3 heterocycles. The quantitative estimate of drug-likeness (QED) is 0.684. The molecular formula is C24H24N6O. The predicted octanol–water partition coefficient (Wildman–Crippen LogP) is 3.41. The van der Waals surface area contributed by atoms with Gasteiger partial charge in [-0.3, -0.25) is 9.36 Å². The Morgan fingerprint density at radius 3 is 2.94 bits per heavy atom. The number of nitriles is 1. The molecule has 31 heavy (non-hydrogen) atoms. The third-order valence-electron chi connectivity index (χ3n) is 7.27. The molecule has 0 amide bonds. The molecule has 7 nitrogen and oxygen atoms in total. The number of fused-ring (bicyclic) bond motifs is 4. The van der Waals surface area contributed by atoms with Crippen LogP contribution in [0.5, 0.6) is 0 Å². The number of nitrogens with zero attached hydrogens (tertiary/aromatic N) is 4. The van der Waals surface area contributed by atoms with E-state index in [2.05, 4.69) is 33.8 Å². The standard InChI is InChI=1S/C24H24N6O/c25-11-18-9-19-13-27-24(28-20-4-3-17-12-26-6-5-15(17)10-20)29-22(19)30(23(18)31)21-8-14-1-2-16(21)7-14/h3-4,9-10,13-14,16,21,26H,1-2,5-8,12H2,(H,27,28,29)/t14?,16-,21-/m0/s1. The minimum Gasteiger partial charge on any atom is -0.324 e. The van der Waals surface area contributed by atoms with Crippen LogP contribution in [0.1, 0.15) is 48.4 Å². The highest BCUT2D eigenvalue weighted by molar-refractivity contribution is 5.77. The summed E-state index contributed by atoms with van der Waals surface area (Å²) in [7, 11) is 0. The molecule has 1 aliphatic heterocycles. The normalized spacial score (nSPS) is 24.2. The second-order valence-corrected chi connectivity index (χ2v) is 9.10. The van der Waals surface area contributed by atoms with Crippen LogP contribution in [0.2, 0.25) is 0 Å². The molecule has 2 aromatic heterocycles. The van der Waals surface area contributed by atoms with Gasteiger partial charge in [0.25, 0.3) is 5.56 Å². The fraction of sp³-hybridized carbons (Fsp3) is 0.417. The van der Waals surface area contributed by atoms with Crippen LogP contribution in [0.4, 0.5) is 11.6 Å². The van der Waals surface area contributed by atoms with E-state index in [1.807, 2.05) is 6.07 Å². The predicted molar refractivity (Wildman–Crippen MR) is 118 cm³/mol. The molecule has 1 aromatic carbocycles. The van der Waals surface area contributed by atoms with Gasteiger partial charge in [-0.25, -0.2) is 4.98 Å². The zero-order valence-electron chi connectivity index (χ0n) is 17.3. The van der Waals surface area contributed by atoms with Gasteiger partial charge in [-0.2, -0.15) is 10.2 Å². The summed E-state index contributed by atoms with van der Waals surface area (Å²) in [5.41, 5.74) is 4.18. The molecule has 156 valence electrons. The fourth-order valence-electron chi connectivity index (χ4n) is 5.78. The first-order valence-corrected chi connectivity index (χ1v) is 11.1. The zero-order chi connectivity index (χ0) is 20.9. The van der Waals surface area contributed by atoms with Crippen LogP contribution in [0.15, 0.2) is 35.3 Å². The first-order valence-electron chi connectivity index (χ1n) is 11.1. The molecule has 3 aliphatic rings. The Kier molecular flexibility index (Phi) is 4.29. The largest absolute Gasteiger partial charge is 0.324 e. The number of pyridine rings is 1. The van der Waals surface area contributed by atoms with Crippen LogP contribution in [-0.2, 0) is 13.0 Å². The summed E-state index contributed by atoms with van der Waals surface area (Å²) in [6.45, 7) is 1.89. The minimum atomic E-state index is -0.224. The van der Waals surface area contributed by atoms with Crippen molar-refractivity contribution in [2.75, 3.05) is 11.9 Å². The number of nitrogens with one attached hydrogen (secondary N) is 2. The second kappa shape index (κ2) is 7.17. The lowest BCUT2D eigenvalue weighted by Gasteiger charge is -2.25. The van der Waals surface area contributed by atoms with Crippen molar-refractivity contribution >= 4 is 22.7 Å². The van der Waals surface area contributed by atoms with Crippen LogP contribution >= 0.6 is 0 Å². The SMILES string of the molecule is N#Cc1cc2cnc(Nc3ccc4c(c3)CCNC4)nc2n([C@H]2CC3CC[C@H]2C3)c1=O. The number of aromatic nitrogens is 3. The summed E-state index contributed by atoms with van der Waals surface area (Å²) < 4.78 is 1.79. The van der Waals surface area contributed by atoms with Gasteiger partial charge in [-0.15, -0.1) is 0 Å². The number of hydrogen-bond acceptors (Lipinski definition) is 6. The molecule has 3 atom stereocenters. The third-order valence-corrected chi connectivity index (χ3v) is 7.27. The van der Waals surface area contributed by atoms with E-state index in [-0.39, 0.29) is 17.2 Å². The Labute approximate surface area is 180 Å². The average Bonchev–Trinajstić information content (AvgIpc) is 3.42. The maximum atomic E-state index is 13.2. The van der Waals surface area contributed by atoms with Gasteiger partial charge in [-0.1, -0.05) is 12.5 Å². The molecular weight excluding hydrogens is 388 g/mol. The topological polar surface area (TPSA) is 95.6 Å². The molecule has 2 N–H and O–H groups in total. The maximum absolute atomic E-state index is 13.2. The van der Waals surface area contributed by atoms with E-state index in [1.165, 1.54) is 24.0 Å². The lowest BCUT2D eigenvalue weighted by Crippen LogP contribution is -2.30. The first kappa shape index (κ1) is 18.5. The van der Waals surface area contributed by atoms with Crippen molar-refractivity contribution < 1.29 is 0 Å². The molecule has 6 rings (SSSR count). The number of rotatable bonds is 3. The van der Waals surface area contributed by atoms with E-state index in [1.54, 1.807) is 16.8 Å². The summed E-state index contributed by atoms with van der Waals surface area (Å²) >= 11 is 0. The summed E-state index contributed by atoms with van der Waals surface area (Å²) in [5, 5.41) is 17.0. The molecule has 0 radical (unpaired) electrons. The van der Waals surface area contributed by atoms with Gasteiger partial charge >= 0.3 is 0 Å². The highest BCUT2D eigenvalue weighted by Crippen LogP contribution is 2.50. The minimum absolute atomic E-state index is 0.126. The monoisotopic (exact) mass is 412 g/mol. The summed E-state index contributed by atoms with van der Waals surface area (Å²) in [5.74, 6) is 1.66. The fourth-order valence-corrected chi connectivity index (χ4v) is 5.78. The Hall–Kier alpha value is -3.24. The molecule has 1 unspecified atom stereocenters. The number of anilines is 2. The molecule has 2 aliphatic carbocycles. The van der Waals surface area contributed by atoms with E-state index in [0.29, 0.717) is 23.4 Å². The highest BCUT2D eigenvalue weighted by atomic mass is 16.1. The summed E-state index contributed by atoms with van der Waals surface area (Å²) in [6.07, 6.45) is 7.30. The average molecular weight is 412 g/mol.